The summed E-state index contributed by atoms with van der Waals surface area (Å²) in [6.45, 7) is 10.1. The van der Waals surface area contributed by atoms with Crippen molar-refractivity contribution >= 4 is 16.8 Å². The molecule has 1 aliphatic rings. The molecule has 1 aliphatic heterocycles. The minimum absolute atomic E-state index is 0.111. The second kappa shape index (κ2) is 5.15. The van der Waals surface area contributed by atoms with E-state index in [1.807, 2.05) is 23.1 Å². The highest BCUT2D eigenvalue weighted by molar-refractivity contribution is 5.97. The van der Waals surface area contributed by atoms with E-state index in [-0.39, 0.29) is 11.4 Å². The molecule has 0 radical (unpaired) electrons. The van der Waals surface area contributed by atoms with Gasteiger partial charge in [0.2, 0.25) is 0 Å². The number of nitrogens with zero attached hydrogens (tertiary/aromatic N) is 3. The van der Waals surface area contributed by atoms with E-state index in [1.165, 1.54) is 0 Å². The van der Waals surface area contributed by atoms with Crippen LogP contribution in [0.3, 0.4) is 0 Å². The first-order valence-electron chi connectivity index (χ1n) is 7.42. The average Bonchev–Trinajstić information content (AvgIpc) is 2.93. The summed E-state index contributed by atoms with van der Waals surface area (Å²) >= 11 is 0. The smallest absolute Gasteiger partial charge is 0.254 e. The zero-order valence-electron chi connectivity index (χ0n) is 12.9. The summed E-state index contributed by atoms with van der Waals surface area (Å²) in [6, 6.07) is 5.72. The van der Waals surface area contributed by atoms with Gasteiger partial charge in [0, 0.05) is 42.7 Å². The number of aromatic nitrogens is 2. The molecule has 0 aliphatic carbocycles. The van der Waals surface area contributed by atoms with Gasteiger partial charge in [-0.3, -0.25) is 14.8 Å². The maximum atomic E-state index is 12.6. The van der Waals surface area contributed by atoms with Crippen molar-refractivity contribution in [1.29, 1.82) is 0 Å². The Morgan fingerprint density at radius 3 is 2.57 bits per heavy atom. The quantitative estimate of drug-likeness (QED) is 0.873. The van der Waals surface area contributed by atoms with Gasteiger partial charge in [-0.15, -0.1) is 0 Å². The highest BCUT2D eigenvalue weighted by atomic mass is 16.2. The number of H-pyrrole nitrogens is 1. The van der Waals surface area contributed by atoms with Gasteiger partial charge >= 0.3 is 0 Å². The molecule has 1 saturated heterocycles. The number of benzene rings is 1. The van der Waals surface area contributed by atoms with E-state index < -0.39 is 0 Å². The highest BCUT2D eigenvalue weighted by Crippen LogP contribution is 2.18. The van der Waals surface area contributed by atoms with E-state index in [0.29, 0.717) is 0 Å². The lowest BCUT2D eigenvalue weighted by Crippen LogP contribution is -2.54. The normalized spacial score (nSPS) is 17.4. The van der Waals surface area contributed by atoms with Crippen molar-refractivity contribution in [3.05, 3.63) is 30.0 Å². The van der Waals surface area contributed by atoms with Gasteiger partial charge in [-0.1, -0.05) is 6.07 Å². The molecule has 1 N–H and O–H groups in total. The third-order valence-corrected chi connectivity index (χ3v) is 4.20. The van der Waals surface area contributed by atoms with Crippen LogP contribution in [0.2, 0.25) is 0 Å². The van der Waals surface area contributed by atoms with E-state index in [0.717, 1.165) is 42.6 Å². The van der Waals surface area contributed by atoms with Gasteiger partial charge in [0.25, 0.3) is 5.91 Å². The molecule has 5 heteroatoms. The predicted molar refractivity (Wildman–Crippen MR) is 83.3 cm³/mol. The SMILES string of the molecule is CC(C)(C)N1CCN(C(=O)c2ccc3cn[nH]c3c2)CC1. The molecule has 2 heterocycles. The molecule has 3 rings (SSSR count). The van der Waals surface area contributed by atoms with Crippen molar-refractivity contribution < 1.29 is 4.79 Å². The average molecular weight is 286 g/mol. The fourth-order valence-corrected chi connectivity index (χ4v) is 2.83. The number of piperazine rings is 1. The first-order valence-corrected chi connectivity index (χ1v) is 7.42. The van der Waals surface area contributed by atoms with Crippen LogP contribution in [-0.2, 0) is 0 Å². The highest BCUT2D eigenvalue weighted by Gasteiger charge is 2.28. The number of amides is 1. The van der Waals surface area contributed by atoms with Crippen LogP contribution >= 0.6 is 0 Å². The summed E-state index contributed by atoms with van der Waals surface area (Å²) in [4.78, 5) is 17.0. The number of rotatable bonds is 1. The van der Waals surface area contributed by atoms with Gasteiger partial charge in [-0.25, -0.2) is 0 Å². The van der Waals surface area contributed by atoms with Crippen molar-refractivity contribution in [2.75, 3.05) is 26.2 Å². The molecule has 1 fully saturated rings. The van der Waals surface area contributed by atoms with Crippen LogP contribution in [0.5, 0.6) is 0 Å². The summed E-state index contributed by atoms with van der Waals surface area (Å²) in [5.74, 6) is 0.111. The van der Waals surface area contributed by atoms with Crippen molar-refractivity contribution in [3.8, 4) is 0 Å². The van der Waals surface area contributed by atoms with Crippen LogP contribution in [0.1, 0.15) is 31.1 Å². The molecule has 1 aromatic carbocycles. The lowest BCUT2D eigenvalue weighted by Gasteiger charge is -2.42. The van der Waals surface area contributed by atoms with Crippen molar-refractivity contribution in [2.45, 2.75) is 26.3 Å². The molecule has 0 atom stereocenters. The lowest BCUT2D eigenvalue weighted by molar-refractivity contribution is 0.0451. The molecule has 0 bridgehead atoms. The third-order valence-electron chi connectivity index (χ3n) is 4.20. The van der Waals surface area contributed by atoms with E-state index in [9.17, 15) is 4.79 Å². The summed E-state index contributed by atoms with van der Waals surface area (Å²) in [7, 11) is 0. The zero-order chi connectivity index (χ0) is 15.0. The number of aromatic amines is 1. The number of carbonyl (C=O) groups is 1. The number of carbonyl (C=O) groups excluding carboxylic acids is 1. The van der Waals surface area contributed by atoms with Crippen LogP contribution < -0.4 is 0 Å². The van der Waals surface area contributed by atoms with Crippen molar-refractivity contribution in [3.63, 3.8) is 0 Å². The largest absolute Gasteiger partial charge is 0.336 e. The van der Waals surface area contributed by atoms with Crippen molar-refractivity contribution in [2.24, 2.45) is 0 Å². The third kappa shape index (κ3) is 2.78. The van der Waals surface area contributed by atoms with Crippen LogP contribution in [0, 0.1) is 0 Å². The maximum absolute atomic E-state index is 12.6. The van der Waals surface area contributed by atoms with Crippen molar-refractivity contribution in [1.82, 2.24) is 20.0 Å². The minimum atomic E-state index is 0.111. The standard InChI is InChI=1S/C16H22N4O/c1-16(2,3)20-8-6-19(7-9-20)15(21)12-4-5-13-11-17-18-14(13)10-12/h4-5,10-11H,6-9H2,1-3H3,(H,17,18). The number of hydrogen-bond acceptors (Lipinski definition) is 3. The number of nitrogens with one attached hydrogen (secondary N) is 1. The van der Waals surface area contributed by atoms with Gasteiger partial charge in [0.1, 0.15) is 0 Å². The van der Waals surface area contributed by atoms with E-state index in [2.05, 4.69) is 35.9 Å². The Hall–Kier alpha value is -1.88. The number of fused-ring (bicyclic) bond motifs is 1. The Bertz CT molecular complexity index is 648. The molecule has 2 aromatic rings. The van der Waals surface area contributed by atoms with Gasteiger partial charge in [0.05, 0.1) is 11.7 Å². The minimum Gasteiger partial charge on any atom is -0.336 e. The molecule has 112 valence electrons. The monoisotopic (exact) mass is 286 g/mol. The Kier molecular flexibility index (Phi) is 3.45. The van der Waals surface area contributed by atoms with Gasteiger partial charge in [-0.05, 0) is 32.9 Å². The van der Waals surface area contributed by atoms with Crippen LogP contribution in [0.15, 0.2) is 24.4 Å². The van der Waals surface area contributed by atoms with E-state index in [1.54, 1.807) is 6.20 Å². The van der Waals surface area contributed by atoms with Crippen LogP contribution in [0.4, 0.5) is 0 Å². The van der Waals surface area contributed by atoms with Gasteiger partial charge in [0.15, 0.2) is 0 Å². The Balaban J connectivity index is 1.71. The fourth-order valence-electron chi connectivity index (χ4n) is 2.83. The molecule has 5 nitrogen and oxygen atoms in total. The molecular formula is C16H22N4O. The summed E-state index contributed by atoms with van der Waals surface area (Å²) in [5, 5.41) is 7.94. The summed E-state index contributed by atoms with van der Waals surface area (Å²) in [5.41, 5.74) is 1.81. The molecule has 0 saturated carbocycles. The van der Waals surface area contributed by atoms with Gasteiger partial charge in [-0.2, -0.15) is 5.10 Å². The van der Waals surface area contributed by atoms with Gasteiger partial charge < -0.3 is 4.90 Å². The lowest BCUT2D eigenvalue weighted by atomic mass is 10.0. The predicted octanol–water partition coefficient (Wildman–Crippen LogP) is 2.12. The first kappa shape index (κ1) is 14.1. The maximum Gasteiger partial charge on any atom is 0.254 e. The second-order valence-electron chi connectivity index (χ2n) is 6.62. The zero-order valence-corrected chi connectivity index (χ0v) is 12.9. The Labute approximate surface area is 124 Å². The molecule has 21 heavy (non-hydrogen) atoms. The Morgan fingerprint density at radius 2 is 1.90 bits per heavy atom. The summed E-state index contributed by atoms with van der Waals surface area (Å²) < 4.78 is 0. The van der Waals surface area contributed by atoms with Crippen LogP contribution in [0.25, 0.3) is 10.9 Å². The second-order valence-corrected chi connectivity index (χ2v) is 6.62. The topological polar surface area (TPSA) is 52.2 Å². The van der Waals surface area contributed by atoms with E-state index in [4.69, 9.17) is 0 Å². The van der Waals surface area contributed by atoms with E-state index >= 15 is 0 Å². The molecule has 0 spiro atoms. The van der Waals surface area contributed by atoms with Crippen LogP contribution in [-0.4, -0.2) is 57.6 Å². The Morgan fingerprint density at radius 1 is 1.19 bits per heavy atom. The molecular weight excluding hydrogens is 264 g/mol. The fraction of sp³-hybridized carbons (Fsp3) is 0.500. The summed E-state index contributed by atoms with van der Waals surface area (Å²) in [6.07, 6.45) is 1.77. The molecule has 1 amide bonds. The molecule has 1 aromatic heterocycles. The number of hydrogen-bond donors (Lipinski definition) is 1. The first-order chi connectivity index (χ1) is 9.95. The molecule has 0 unspecified atom stereocenters.